The quantitative estimate of drug-likeness (QED) is 0.215. The van der Waals surface area contributed by atoms with Crippen LogP contribution in [0.5, 0.6) is 5.75 Å². The summed E-state index contributed by atoms with van der Waals surface area (Å²) in [5.41, 5.74) is 5.61. The smallest absolute Gasteiger partial charge is 0.267 e. The zero-order chi connectivity index (χ0) is 18.9. The molecule has 1 aromatic carbocycles. The number of amides is 1. The van der Waals surface area contributed by atoms with Crippen molar-refractivity contribution in [2.75, 3.05) is 19.0 Å². The molecule has 1 rings (SSSR count). The number of carbonyl (C=O) groups is 1. The lowest BCUT2D eigenvalue weighted by Gasteiger charge is -2.15. The van der Waals surface area contributed by atoms with Gasteiger partial charge < -0.3 is 10.5 Å². The summed E-state index contributed by atoms with van der Waals surface area (Å²) in [7, 11) is -2.04. The van der Waals surface area contributed by atoms with Gasteiger partial charge in [0, 0.05) is 30.2 Å². The number of ether oxygens (including phenoxy) is 1. The molecule has 0 spiro atoms. The van der Waals surface area contributed by atoms with Crippen molar-refractivity contribution in [1.82, 2.24) is 0 Å². The molecule has 0 aliphatic heterocycles. The van der Waals surface area contributed by atoms with E-state index < -0.39 is 20.1 Å². The Bertz CT molecular complexity index is 647. The Morgan fingerprint density at radius 1 is 1.12 bits per heavy atom. The first kappa shape index (κ1) is 22.2. The van der Waals surface area contributed by atoms with Crippen molar-refractivity contribution in [1.29, 1.82) is 0 Å². The molecule has 10 heteroatoms. The highest BCUT2D eigenvalue weighted by molar-refractivity contribution is 7.86. The molecule has 1 aromatic rings. The molecule has 0 bridgehead atoms. The average Bonchev–Trinajstić information content (AvgIpc) is 2.52. The zero-order valence-electron chi connectivity index (χ0n) is 14.7. The number of carbonyl (C=O) groups excluding carboxylic acids is 1. The van der Waals surface area contributed by atoms with Gasteiger partial charge in [0.1, 0.15) is 5.75 Å². The highest BCUT2D eigenvalue weighted by Crippen LogP contribution is 2.13. The standard InChI is InChI=1S/C15H26ClNO5SSi2/c16-15(24,25)11-22-23(19,20)10-4-2-1-3-9-21-13-7-5-12(6-8-13)14(17)18/h5-8H,1-4,9-11H2,24-25H3,(H2,17,18). The van der Waals surface area contributed by atoms with Crippen molar-refractivity contribution in [3.63, 3.8) is 0 Å². The number of unbranched alkanes of at least 4 members (excludes halogenated alkanes) is 3. The monoisotopic (exact) mass is 423 g/mol. The molecular weight excluding hydrogens is 398 g/mol. The lowest BCUT2D eigenvalue weighted by molar-refractivity contribution is 0.1000. The maximum Gasteiger partial charge on any atom is 0.267 e. The molecule has 0 fully saturated rings. The summed E-state index contributed by atoms with van der Waals surface area (Å²) >= 11 is 6.03. The van der Waals surface area contributed by atoms with Crippen molar-refractivity contribution in [2.24, 2.45) is 5.73 Å². The van der Waals surface area contributed by atoms with Crippen LogP contribution in [0.1, 0.15) is 36.0 Å². The summed E-state index contributed by atoms with van der Waals surface area (Å²) in [6.45, 7) is 0.632. The summed E-state index contributed by atoms with van der Waals surface area (Å²) in [5.74, 6) is 0.236. The number of benzene rings is 1. The van der Waals surface area contributed by atoms with Crippen LogP contribution in [0.4, 0.5) is 0 Å². The van der Waals surface area contributed by atoms with Gasteiger partial charge in [0.05, 0.1) is 19.0 Å². The van der Waals surface area contributed by atoms with Crippen molar-refractivity contribution < 1.29 is 22.1 Å². The van der Waals surface area contributed by atoms with Gasteiger partial charge in [0.2, 0.25) is 5.91 Å². The molecule has 0 aromatic heterocycles. The molecule has 6 nitrogen and oxygen atoms in total. The van der Waals surface area contributed by atoms with Gasteiger partial charge in [-0.2, -0.15) is 8.42 Å². The van der Waals surface area contributed by atoms with Crippen LogP contribution < -0.4 is 10.5 Å². The van der Waals surface area contributed by atoms with Crippen LogP contribution in [0, 0.1) is 0 Å². The second-order valence-corrected chi connectivity index (χ2v) is 16.9. The van der Waals surface area contributed by atoms with E-state index >= 15 is 0 Å². The molecule has 0 atom stereocenters. The second kappa shape index (κ2) is 10.3. The van der Waals surface area contributed by atoms with Crippen LogP contribution in [0.3, 0.4) is 0 Å². The van der Waals surface area contributed by atoms with Crippen LogP contribution in [0.25, 0.3) is 0 Å². The number of rotatable bonds is 12. The molecule has 142 valence electrons. The molecule has 0 saturated carbocycles. The van der Waals surface area contributed by atoms with Crippen molar-refractivity contribution in [2.45, 2.75) is 29.8 Å². The fourth-order valence-electron chi connectivity index (χ4n) is 1.93. The molecule has 0 saturated heterocycles. The minimum atomic E-state index is -3.47. The minimum Gasteiger partial charge on any atom is -0.494 e. The van der Waals surface area contributed by atoms with E-state index in [-0.39, 0.29) is 12.4 Å². The van der Waals surface area contributed by atoms with Crippen LogP contribution in [-0.2, 0) is 14.3 Å². The molecule has 2 N–H and O–H groups in total. The molecule has 0 radical (unpaired) electrons. The predicted octanol–water partition coefficient (Wildman–Crippen LogP) is -0.306. The molecule has 0 aliphatic carbocycles. The lowest BCUT2D eigenvalue weighted by atomic mass is 10.2. The Balaban J connectivity index is 2.13. The van der Waals surface area contributed by atoms with Crippen molar-refractivity contribution in [3.05, 3.63) is 29.8 Å². The van der Waals surface area contributed by atoms with Gasteiger partial charge in [-0.3, -0.25) is 8.98 Å². The molecule has 0 heterocycles. The van der Waals surface area contributed by atoms with Crippen molar-refractivity contribution >= 4 is 48.1 Å². The van der Waals surface area contributed by atoms with Gasteiger partial charge >= 0.3 is 0 Å². The first-order valence-electron chi connectivity index (χ1n) is 8.18. The third-order valence-corrected chi connectivity index (χ3v) is 5.23. The maximum atomic E-state index is 11.7. The Kier molecular flexibility index (Phi) is 9.15. The molecule has 0 aliphatic rings. The van der Waals surface area contributed by atoms with E-state index in [1.54, 1.807) is 24.3 Å². The Labute approximate surface area is 160 Å². The van der Waals surface area contributed by atoms with E-state index in [9.17, 15) is 13.2 Å². The third kappa shape index (κ3) is 10.7. The summed E-state index contributed by atoms with van der Waals surface area (Å²) in [6.07, 6.45) is 3.05. The van der Waals surface area contributed by atoms with Gasteiger partial charge in [-0.05, 0) is 37.1 Å². The van der Waals surface area contributed by atoms with Crippen LogP contribution in [-0.4, -0.2) is 57.9 Å². The number of primary amides is 1. The van der Waals surface area contributed by atoms with Crippen molar-refractivity contribution in [3.8, 4) is 5.75 Å². The number of nitrogens with two attached hydrogens (primary N) is 1. The van der Waals surface area contributed by atoms with E-state index in [1.165, 1.54) is 0 Å². The predicted molar refractivity (Wildman–Crippen MR) is 107 cm³/mol. The first-order valence-corrected chi connectivity index (χ1v) is 12.1. The summed E-state index contributed by atoms with van der Waals surface area (Å²) < 4.78 is 33.5. The topological polar surface area (TPSA) is 95.7 Å². The Morgan fingerprint density at radius 2 is 1.72 bits per heavy atom. The normalized spacial score (nSPS) is 14.3. The van der Waals surface area contributed by atoms with Crippen LogP contribution >= 0.6 is 11.6 Å². The molecule has 25 heavy (non-hydrogen) atoms. The zero-order valence-corrected chi connectivity index (χ0v) is 20.2. The average molecular weight is 424 g/mol. The number of halogens is 1. The second-order valence-electron chi connectivity index (χ2n) is 6.39. The Hall–Kier alpha value is -0.876. The fraction of sp³-hybridized carbons (Fsp3) is 0.533. The van der Waals surface area contributed by atoms with Gasteiger partial charge in [0.25, 0.3) is 10.1 Å². The summed E-state index contributed by atoms with van der Waals surface area (Å²) in [4.78, 5) is 11.0. The van der Waals surface area contributed by atoms with Gasteiger partial charge in [-0.25, -0.2) is 0 Å². The molecular formula is C15H26ClNO5SSi2. The highest BCUT2D eigenvalue weighted by atomic mass is 35.5. The third-order valence-electron chi connectivity index (χ3n) is 3.28. The van der Waals surface area contributed by atoms with Crippen LogP contribution in [0.15, 0.2) is 24.3 Å². The first-order chi connectivity index (χ1) is 11.6. The molecule has 1 amide bonds. The van der Waals surface area contributed by atoms with E-state index in [4.69, 9.17) is 26.3 Å². The van der Waals surface area contributed by atoms with Gasteiger partial charge in [-0.15, -0.1) is 11.6 Å². The van der Waals surface area contributed by atoms with E-state index in [0.29, 0.717) is 44.8 Å². The summed E-state index contributed by atoms with van der Waals surface area (Å²) in [6, 6.07) is 6.65. The molecule has 0 unspecified atom stereocenters. The fourth-order valence-corrected chi connectivity index (χ4v) is 3.90. The SMILES string of the molecule is NC(=O)c1ccc(OCCCCCCS(=O)(=O)OCC([SiH3])([SiH3])Cl)cc1. The highest BCUT2D eigenvalue weighted by Gasteiger charge is 2.19. The van der Waals surface area contributed by atoms with E-state index in [0.717, 1.165) is 19.3 Å². The van der Waals surface area contributed by atoms with E-state index in [1.807, 2.05) is 0 Å². The minimum absolute atomic E-state index is 0.0263. The lowest BCUT2D eigenvalue weighted by Crippen LogP contribution is -2.30. The summed E-state index contributed by atoms with van der Waals surface area (Å²) in [5, 5.41) is 0. The Morgan fingerprint density at radius 3 is 2.28 bits per heavy atom. The maximum absolute atomic E-state index is 11.7. The number of hydrogen-bond acceptors (Lipinski definition) is 5. The number of hydrogen-bond donors (Lipinski definition) is 1. The largest absolute Gasteiger partial charge is 0.494 e. The number of alkyl halides is 1. The van der Waals surface area contributed by atoms with Gasteiger partial charge in [0.15, 0.2) is 0 Å². The van der Waals surface area contributed by atoms with E-state index in [2.05, 4.69) is 0 Å². The van der Waals surface area contributed by atoms with Gasteiger partial charge in [-0.1, -0.05) is 12.8 Å². The van der Waals surface area contributed by atoms with Crippen LogP contribution in [0.2, 0.25) is 0 Å².